The van der Waals surface area contributed by atoms with E-state index in [1.54, 1.807) is 24.4 Å². The van der Waals surface area contributed by atoms with Crippen LogP contribution in [-0.2, 0) is 5.41 Å². The maximum absolute atomic E-state index is 12.6. The van der Waals surface area contributed by atoms with Crippen molar-refractivity contribution in [3.63, 3.8) is 0 Å². The van der Waals surface area contributed by atoms with E-state index in [1.165, 1.54) is 11.3 Å². The Hall–Kier alpha value is -4.02. The first-order chi connectivity index (χ1) is 15.8. The number of thiazole rings is 1. The third-order valence-corrected chi connectivity index (χ3v) is 5.81. The van der Waals surface area contributed by atoms with Crippen molar-refractivity contribution < 1.29 is 4.79 Å². The van der Waals surface area contributed by atoms with Gasteiger partial charge in [-0.25, -0.2) is 4.98 Å². The number of nitriles is 1. The van der Waals surface area contributed by atoms with Gasteiger partial charge in [0.05, 0.1) is 17.3 Å². The zero-order chi connectivity index (χ0) is 23.4. The van der Waals surface area contributed by atoms with Gasteiger partial charge in [0.2, 0.25) is 0 Å². The molecule has 4 aromatic rings. The molecule has 164 valence electrons. The Morgan fingerprint density at radius 3 is 2.48 bits per heavy atom. The number of carbonyl (C=O) groups excluding carboxylic acids is 1. The molecule has 0 aliphatic rings. The van der Waals surface area contributed by atoms with E-state index in [0.29, 0.717) is 16.4 Å². The van der Waals surface area contributed by atoms with Crippen LogP contribution >= 0.6 is 11.3 Å². The first-order valence-electron chi connectivity index (χ1n) is 10.4. The van der Waals surface area contributed by atoms with Crippen LogP contribution in [0.4, 0.5) is 16.5 Å². The number of rotatable bonds is 5. The lowest BCUT2D eigenvalue weighted by atomic mass is 9.88. The Labute approximate surface area is 197 Å². The summed E-state index contributed by atoms with van der Waals surface area (Å²) in [4.78, 5) is 21.5. The van der Waals surface area contributed by atoms with E-state index in [1.807, 2.05) is 47.8 Å². The van der Waals surface area contributed by atoms with Crippen molar-refractivity contribution in [1.82, 2.24) is 9.97 Å². The number of pyridine rings is 1. The molecular formula is C26H23N5OS. The maximum Gasteiger partial charge on any atom is 0.276 e. The molecule has 0 bridgehead atoms. The van der Waals surface area contributed by atoms with Gasteiger partial charge in [-0.05, 0) is 53.4 Å². The molecule has 2 aromatic carbocycles. The molecule has 0 saturated heterocycles. The molecule has 6 nitrogen and oxygen atoms in total. The summed E-state index contributed by atoms with van der Waals surface area (Å²) in [7, 11) is 0. The Morgan fingerprint density at radius 2 is 1.82 bits per heavy atom. The van der Waals surface area contributed by atoms with Crippen molar-refractivity contribution in [2.75, 3.05) is 10.6 Å². The lowest BCUT2D eigenvalue weighted by Gasteiger charge is -2.18. The van der Waals surface area contributed by atoms with Crippen LogP contribution in [0.25, 0.3) is 11.3 Å². The largest absolute Gasteiger partial charge is 0.356 e. The van der Waals surface area contributed by atoms with Crippen molar-refractivity contribution in [3.05, 3.63) is 89.1 Å². The summed E-state index contributed by atoms with van der Waals surface area (Å²) < 4.78 is 0. The van der Waals surface area contributed by atoms with Crippen molar-refractivity contribution in [2.45, 2.75) is 26.2 Å². The fraction of sp³-hybridized carbons (Fsp3) is 0.154. The molecule has 0 aliphatic carbocycles. The minimum absolute atomic E-state index is 0.0182. The average Bonchev–Trinajstić information content (AvgIpc) is 3.28. The highest BCUT2D eigenvalue weighted by molar-refractivity contribution is 7.14. The monoisotopic (exact) mass is 453 g/mol. The molecule has 1 amide bonds. The fourth-order valence-corrected chi connectivity index (χ4v) is 3.86. The van der Waals surface area contributed by atoms with Gasteiger partial charge >= 0.3 is 0 Å². The number of carbonyl (C=O) groups is 1. The second-order valence-corrected chi connectivity index (χ2v) is 9.43. The minimum atomic E-state index is -0.285. The standard InChI is InChI=1S/C26H23N5OS/c1-26(2,3)19-9-12-22(28-15-19)24(32)31-25-30-23(16-33-25)18-5-4-6-21(13-18)29-20-10-7-17(14-27)8-11-20/h4-13,15-16,29H,1-3H3,(H,30,31,32). The van der Waals surface area contributed by atoms with Gasteiger partial charge in [0.15, 0.2) is 5.13 Å². The predicted molar refractivity (Wildman–Crippen MR) is 133 cm³/mol. The molecule has 0 aliphatic heterocycles. The van der Waals surface area contributed by atoms with Gasteiger partial charge in [0.25, 0.3) is 5.91 Å². The second-order valence-electron chi connectivity index (χ2n) is 8.57. The zero-order valence-corrected chi connectivity index (χ0v) is 19.4. The summed E-state index contributed by atoms with van der Waals surface area (Å²) >= 11 is 1.37. The number of nitrogens with one attached hydrogen (secondary N) is 2. The number of nitrogens with zero attached hydrogens (tertiary/aromatic N) is 3. The van der Waals surface area contributed by atoms with Gasteiger partial charge in [0, 0.05) is 28.5 Å². The molecule has 0 spiro atoms. The summed E-state index contributed by atoms with van der Waals surface area (Å²) in [5, 5.41) is 17.5. The van der Waals surface area contributed by atoms with Crippen LogP contribution in [0.2, 0.25) is 0 Å². The van der Waals surface area contributed by atoms with E-state index in [9.17, 15) is 4.79 Å². The van der Waals surface area contributed by atoms with E-state index in [4.69, 9.17) is 5.26 Å². The van der Waals surface area contributed by atoms with Crippen molar-refractivity contribution >= 4 is 33.8 Å². The van der Waals surface area contributed by atoms with Gasteiger partial charge in [0.1, 0.15) is 5.69 Å². The fourth-order valence-electron chi connectivity index (χ4n) is 3.15. The number of hydrogen-bond donors (Lipinski definition) is 2. The van der Waals surface area contributed by atoms with Crippen LogP contribution in [0.5, 0.6) is 0 Å². The quantitative estimate of drug-likeness (QED) is 0.366. The number of hydrogen-bond acceptors (Lipinski definition) is 6. The lowest BCUT2D eigenvalue weighted by molar-refractivity contribution is 0.102. The maximum atomic E-state index is 12.6. The van der Waals surface area contributed by atoms with Crippen LogP contribution in [-0.4, -0.2) is 15.9 Å². The normalized spacial score (nSPS) is 11.0. The van der Waals surface area contributed by atoms with Gasteiger partial charge in [-0.15, -0.1) is 11.3 Å². The Kier molecular flexibility index (Phi) is 6.20. The third-order valence-electron chi connectivity index (χ3n) is 5.05. The number of amides is 1. The number of aromatic nitrogens is 2. The van der Waals surface area contributed by atoms with Crippen LogP contribution in [0.15, 0.2) is 72.2 Å². The van der Waals surface area contributed by atoms with E-state index >= 15 is 0 Å². The molecule has 7 heteroatoms. The SMILES string of the molecule is CC(C)(C)c1ccc(C(=O)Nc2nc(-c3cccc(Nc4ccc(C#N)cc4)c3)cs2)nc1. The third kappa shape index (κ3) is 5.43. The van der Waals surface area contributed by atoms with E-state index in [0.717, 1.165) is 28.2 Å². The summed E-state index contributed by atoms with van der Waals surface area (Å²) in [6, 6.07) is 20.9. The van der Waals surface area contributed by atoms with E-state index in [-0.39, 0.29) is 11.3 Å². The molecule has 2 aromatic heterocycles. The van der Waals surface area contributed by atoms with Crippen molar-refractivity contribution in [1.29, 1.82) is 5.26 Å². The topological polar surface area (TPSA) is 90.7 Å². The molecule has 33 heavy (non-hydrogen) atoms. The molecule has 4 rings (SSSR count). The summed E-state index contributed by atoms with van der Waals surface area (Å²) in [5.74, 6) is -0.285. The molecule has 0 atom stereocenters. The highest BCUT2D eigenvalue weighted by Gasteiger charge is 2.16. The summed E-state index contributed by atoms with van der Waals surface area (Å²) in [6.07, 6.45) is 1.74. The van der Waals surface area contributed by atoms with Crippen molar-refractivity contribution in [3.8, 4) is 17.3 Å². The van der Waals surface area contributed by atoms with Gasteiger partial charge < -0.3 is 5.32 Å². The Balaban J connectivity index is 1.45. The lowest BCUT2D eigenvalue weighted by Crippen LogP contribution is -2.16. The molecule has 2 heterocycles. The average molecular weight is 454 g/mol. The first kappa shape index (κ1) is 22.2. The predicted octanol–water partition coefficient (Wildman–Crippen LogP) is 6.37. The van der Waals surface area contributed by atoms with E-state index < -0.39 is 0 Å². The summed E-state index contributed by atoms with van der Waals surface area (Å²) in [6.45, 7) is 6.32. The smallest absolute Gasteiger partial charge is 0.276 e. The van der Waals surface area contributed by atoms with Crippen LogP contribution in [0, 0.1) is 11.3 Å². The number of anilines is 3. The molecule has 0 radical (unpaired) electrons. The first-order valence-corrected chi connectivity index (χ1v) is 11.3. The molecule has 2 N–H and O–H groups in total. The Morgan fingerprint density at radius 1 is 1.03 bits per heavy atom. The van der Waals surface area contributed by atoms with Crippen LogP contribution in [0.3, 0.4) is 0 Å². The zero-order valence-electron chi connectivity index (χ0n) is 18.6. The number of benzene rings is 2. The summed E-state index contributed by atoms with van der Waals surface area (Å²) in [5.41, 5.74) is 5.52. The molecule has 0 saturated carbocycles. The molecular weight excluding hydrogens is 430 g/mol. The molecule has 0 fully saturated rings. The minimum Gasteiger partial charge on any atom is -0.356 e. The highest BCUT2D eigenvalue weighted by atomic mass is 32.1. The van der Waals surface area contributed by atoms with Gasteiger partial charge in [-0.1, -0.05) is 39.0 Å². The van der Waals surface area contributed by atoms with Crippen LogP contribution < -0.4 is 10.6 Å². The Bertz CT molecular complexity index is 1310. The van der Waals surface area contributed by atoms with E-state index in [2.05, 4.69) is 47.4 Å². The van der Waals surface area contributed by atoms with Crippen molar-refractivity contribution in [2.24, 2.45) is 0 Å². The van der Waals surface area contributed by atoms with Crippen LogP contribution in [0.1, 0.15) is 42.4 Å². The molecule has 0 unspecified atom stereocenters. The second kappa shape index (κ2) is 9.23. The van der Waals surface area contributed by atoms with Gasteiger partial charge in [-0.2, -0.15) is 5.26 Å². The van der Waals surface area contributed by atoms with Gasteiger partial charge in [-0.3, -0.25) is 15.1 Å². The highest BCUT2D eigenvalue weighted by Crippen LogP contribution is 2.28.